The van der Waals surface area contributed by atoms with Gasteiger partial charge in [-0.15, -0.1) is 0 Å². The Morgan fingerprint density at radius 3 is 2.40 bits per heavy atom. The molecule has 1 amide bonds. The molecule has 0 fully saturated rings. The van der Waals surface area contributed by atoms with Crippen molar-refractivity contribution in [2.45, 2.75) is 13.1 Å². The summed E-state index contributed by atoms with van der Waals surface area (Å²) < 4.78 is 0. The highest BCUT2D eigenvalue weighted by molar-refractivity contribution is 6.30. The molecular formula is C19H17ClN4O. The molecule has 2 N–H and O–H groups in total. The van der Waals surface area contributed by atoms with E-state index in [-0.39, 0.29) is 5.91 Å². The third-order valence-electron chi connectivity index (χ3n) is 3.55. The Morgan fingerprint density at radius 2 is 1.64 bits per heavy atom. The molecule has 25 heavy (non-hydrogen) atoms. The average Bonchev–Trinajstić information content (AvgIpc) is 2.67. The lowest BCUT2D eigenvalue weighted by atomic mass is 10.2. The van der Waals surface area contributed by atoms with Crippen molar-refractivity contribution in [1.29, 1.82) is 0 Å². The molecular weight excluding hydrogens is 336 g/mol. The first kappa shape index (κ1) is 16.9. The number of hydrogen-bond acceptors (Lipinski definition) is 4. The normalized spacial score (nSPS) is 10.3. The number of hydrogen-bond donors (Lipinski definition) is 2. The molecule has 6 heteroatoms. The van der Waals surface area contributed by atoms with Gasteiger partial charge in [0, 0.05) is 24.3 Å². The van der Waals surface area contributed by atoms with Crippen LogP contribution in [0.15, 0.2) is 66.9 Å². The number of amides is 1. The fourth-order valence-corrected chi connectivity index (χ4v) is 2.35. The summed E-state index contributed by atoms with van der Waals surface area (Å²) in [4.78, 5) is 20.6. The smallest absolute Gasteiger partial charge is 0.270 e. The predicted octanol–water partition coefficient (Wildman–Crippen LogP) is 3.67. The van der Waals surface area contributed by atoms with Crippen LogP contribution in [-0.4, -0.2) is 15.9 Å². The van der Waals surface area contributed by atoms with Gasteiger partial charge in [0.2, 0.25) is 5.95 Å². The van der Waals surface area contributed by atoms with E-state index in [2.05, 4.69) is 20.6 Å². The van der Waals surface area contributed by atoms with E-state index in [1.54, 1.807) is 12.3 Å². The number of carbonyl (C=O) groups excluding carboxylic acids is 1. The van der Waals surface area contributed by atoms with Crippen LogP contribution in [-0.2, 0) is 13.1 Å². The first-order valence-corrected chi connectivity index (χ1v) is 8.22. The van der Waals surface area contributed by atoms with Gasteiger partial charge in [-0.2, -0.15) is 0 Å². The van der Waals surface area contributed by atoms with E-state index in [9.17, 15) is 4.79 Å². The van der Waals surface area contributed by atoms with Gasteiger partial charge in [0.1, 0.15) is 5.69 Å². The molecule has 126 valence electrons. The Bertz CT molecular complexity index is 838. The Labute approximate surface area is 151 Å². The Balaban J connectivity index is 1.58. The van der Waals surface area contributed by atoms with Crippen molar-refractivity contribution in [3.05, 3.63) is 88.7 Å². The van der Waals surface area contributed by atoms with Gasteiger partial charge in [-0.05, 0) is 29.3 Å². The van der Waals surface area contributed by atoms with Crippen molar-refractivity contribution in [1.82, 2.24) is 15.3 Å². The van der Waals surface area contributed by atoms with Crippen LogP contribution in [0.4, 0.5) is 5.95 Å². The summed E-state index contributed by atoms with van der Waals surface area (Å²) in [5, 5.41) is 6.65. The zero-order valence-electron chi connectivity index (χ0n) is 13.4. The lowest BCUT2D eigenvalue weighted by molar-refractivity contribution is 0.0946. The SMILES string of the molecule is O=C(NCc1ccccc1)c1ccnc(NCc2ccc(Cl)cc2)n1. The van der Waals surface area contributed by atoms with Gasteiger partial charge >= 0.3 is 0 Å². The molecule has 0 aliphatic carbocycles. The Kier molecular flexibility index (Phi) is 5.59. The molecule has 1 aromatic heterocycles. The summed E-state index contributed by atoms with van der Waals surface area (Å²) >= 11 is 5.87. The summed E-state index contributed by atoms with van der Waals surface area (Å²) in [6.07, 6.45) is 1.56. The lowest BCUT2D eigenvalue weighted by Gasteiger charge is -2.08. The first-order valence-electron chi connectivity index (χ1n) is 7.84. The maximum absolute atomic E-state index is 12.2. The summed E-state index contributed by atoms with van der Waals surface area (Å²) in [6, 6.07) is 18.8. The van der Waals surface area contributed by atoms with Crippen LogP contribution < -0.4 is 10.6 Å². The molecule has 0 unspecified atom stereocenters. The zero-order chi connectivity index (χ0) is 17.5. The molecule has 0 saturated carbocycles. The molecule has 0 spiro atoms. The van der Waals surface area contributed by atoms with Crippen molar-refractivity contribution in [3.8, 4) is 0 Å². The van der Waals surface area contributed by atoms with Crippen LogP contribution >= 0.6 is 11.6 Å². The Morgan fingerprint density at radius 1 is 0.920 bits per heavy atom. The monoisotopic (exact) mass is 352 g/mol. The second-order valence-electron chi connectivity index (χ2n) is 5.41. The minimum Gasteiger partial charge on any atom is -0.350 e. The van der Waals surface area contributed by atoms with Gasteiger partial charge in [0.15, 0.2) is 0 Å². The molecule has 0 atom stereocenters. The number of carbonyl (C=O) groups is 1. The third kappa shape index (κ3) is 5.02. The van der Waals surface area contributed by atoms with Gasteiger partial charge in [-0.3, -0.25) is 4.79 Å². The van der Waals surface area contributed by atoms with Crippen LogP contribution in [0.1, 0.15) is 21.6 Å². The van der Waals surface area contributed by atoms with Crippen molar-refractivity contribution in [2.24, 2.45) is 0 Å². The van der Waals surface area contributed by atoms with Crippen molar-refractivity contribution in [2.75, 3.05) is 5.32 Å². The van der Waals surface area contributed by atoms with Crippen molar-refractivity contribution in [3.63, 3.8) is 0 Å². The molecule has 0 aliphatic rings. The van der Waals surface area contributed by atoms with Gasteiger partial charge in [-0.25, -0.2) is 9.97 Å². The zero-order valence-corrected chi connectivity index (χ0v) is 14.2. The van der Waals surface area contributed by atoms with E-state index in [4.69, 9.17) is 11.6 Å². The standard InChI is InChI=1S/C19H17ClN4O/c20-16-8-6-15(7-9-16)13-23-19-21-11-10-17(24-19)18(25)22-12-14-4-2-1-3-5-14/h1-11H,12-13H2,(H,22,25)(H,21,23,24). The summed E-state index contributed by atoms with van der Waals surface area (Å²) in [6.45, 7) is 1.00. The van der Waals surface area contributed by atoms with Crippen LogP contribution in [0.3, 0.4) is 0 Å². The highest BCUT2D eigenvalue weighted by atomic mass is 35.5. The first-order chi connectivity index (χ1) is 12.2. The van der Waals surface area contributed by atoms with Crippen LogP contribution in [0, 0.1) is 0 Å². The fourth-order valence-electron chi connectivity index (χ4n) is 2.22. The number of benzene rings is 2. The van der Waals surface area contributed by atoms with E-state index in [0.717, 1.165) is 11.1 Å². The number of rotatable bonds is 6. The van der Waals surface area contributed by atoms with Gasteiger partial charge in [0.05, 0.1) is 0 Å². The molecule has 0 aliphatic heterocycles. The molecule has 2 aromatic carbocycles. The number of anilines is 1. The van der Waals surface area contributed by atoms with Crippen molar-refractivity contribution >= 4 is 23.5 Å². The average molecular weight is 353 g/mol. The van der Waals surface area contributed by atoms with Crippen LogP contribution in [0.2, 0.25) is 5.02 Å². The highest BCUT2D eigenvalue weighted by Crippen LogP contribution is 2.11. The molecule has 3 aromatic rings. The number of nitrogens with zero attached hydrogens (tertiary/aromatic N) is 2. The maximum atomic E-state index is 12.2. The second kappa shape index (κ2) is 8.26. The van der Waals surface area contributed by atoms with E-state index >= 15 is 0 Å². The van der Waals surface area contributed by atoms with E-state index in [1.807, 2.05) is 54.6 Å². The summed E-state index contributed by atoms with van der Waals surface area (Å²) in [5.74, 6) is 0.170. The molecule has 3 rings (SSSR count). The fraction of sp³-hybridized carbons (Fsp3) is 0.105. The molecule has 5 nitrogen and oxygen atoms in total. The minimum absolute atomic E-state index is 0.235. The van der Waals surface area contributed by atoms with Crippen molar-refractivity contribution < 1.29 is 4.79 Å². The highest BCUT2D eigenvalue weighted by Gasteiger charge is 2.08. The van der Waals surface area contributed by atoms with Crippen LogP contribution in [0.5, 0.6) is 0 Å². The molecule has 0 radical (unpaired) electrons. The van der Waals surface area contributed by atoms with Gasteiger partial charge in [0.25, 0.3) is 5.91 Å². The summed E-state index contributed by atoms with van der Waals surface area (Å²) in [7, 11) is 0. The summed E-state index contributed by atoms with van der Waals surface area (Å²) in [5.41, 5.74) is 2.41. The second-order valence-corrected chi connectivity index (χ2v) is 5.85. The maximum Gasteiger partial charge on any atom is 0.270 e. The number of halogens is 1. The van der Waals surface area contributed by atoms with E-state index in [0.29, 0.717) is 29.8 Å². The lowest BCUT2D eigenvalue weighted by Crippen LogP contribution is -2.24. The largest absolute Gasteiger partial charge is 0.350 e. The van der Waals surface area contributed by atoms with Crippen LogP contribution in [0.25, 0.3) is 0 Å². The predicted molar refractivity (Wildman–Crippen MR) is 98.4 cm³/mol. The molecule has 1 heterocycles. The van der Waals surface area contributed by atoms with Gasteiger partial charge < -0.3 is 10.6 Å². The van der Waals surface area contributed by atoms with E-state index in [1.165, 1.54) is 0 Å². The Hall–Kier alpha value is -2.92. The quantitative estimate of drug-likeness (QED) is 0.710. The van der Waals surface area contributed by atoms with Gasteiger partial charge in [-0.1, -0.05) is 54.1 Å². The molecule has 0 saturated heterocycles. The van der Waals surface area contributed by atoms with E-state index < -0.39 is 0 Å². The molecule has 0 bridgehead atoms. The topological polar surface area (TPSA) is 66.9 Å². The number of nitrogens with one attached hydrogen (secondary N) is 2. The number of aromatic nitrogens is 2. The third-order valence-corrected chi connectivity index (χ3v) is 3.80. The minimum atomic E-state index is -0.235.